The second-order valence-corrected chi connectivity index (χ2v) is 8.04. The number of amides is 1. The Kier molecular flexibility index (Phi) is 4.73. The van der Waals surface area contributed by atoms with Crippen molar-refractivity contribution in [2.75, 3.05) is 5.32 Å². The molecule has 1 amide bonds. The van der Waals surface area contributed by atoms with Gasteiger partial charge in [-0.25, -0.2) is 4.98 Å². The maximum absolute atomic E-state index is 12.2. The van der Waals surface area contributed by atoms with Crippen molar-refractivity contribution in [2.45, 2.75) is 6.61 Å². The van der Waals surface area contributed by atoms with E-state index in [4.69, 9.17) is 4.74 Å². The van der Waals surface area contributed by atoms with E-state index in [-0.39, 0.29) is 5.91 Å². The Labute approximate surface area is 162 Å². The van der Waals surface area contributed by atoms with Crippen LogP contribution in [-0.2, 0) is 6.61 Å². The molecule has 0 fully saturated rings. The minimum Gasteiger partial charge on any atom is -0.487 e. The molecule has 26 heavy (non-hydrogen) atoms. The fraction of sp³-hybridized carbons (Fsp3) is 0.0526. The van der Waals surface area contributed by atoms with Crippen molar-refractivity contribution in [1.29, 1.82) is 0 Å². The number of pyridine rings is 1. The molecule has 1 N–H and O–H groups in total. The van der Waals surface area contributed by atoms with Crippen LogP contribution in [0.15, 0.2) is 70.8 Å². The number of thiophene rings is 1. The van der Waals surface area contributed by atoms with Crippen molar-refractivity contribution >= 4 is 44.5 Å². The van der Waals surface area contributed by atoms with E-state index < -0.39 is 0 Å². The molecule has 3 heterocycles. The summed E-state index contributed by atoms with van der Waals surface area (Å²) in [6, 6.07) is 16.8. The Morgan fingerprint density at radius 3 is 2.92 bits per heavy atom. The van der Waals surface area contributed by atoms with E-state index in [0.717, 1.165) is 15.1 Å². The van der Waals surface area contributed by atoms with Crippen LogP contribution < -0.4 is 10.1 Å². The van der Waals surface area contributed by atoms with Gasteiger partial charge in [0.05, 0.1) is 14.4 Å². The number of anilines is 1. The van der Waals surface area contributed by atoms with Crippen molar-refractivity contribution in [2.24, 2.45) is 0 Å². The number of hydrogen-bond acceptors (Lipinski definition) is 4. The lowest BCUT2D eigenvalue weighted by Crippen LogP contribution is -2.10. The highest BCUT2D eigenvalue weighted by molar-refractivity contribution is 9.11. The molecule has 0 atom stereocenters. The molecule has 4 aromatic rings. The molecule has 7 heteroatoms. The van der Waals surface area contributed by atoms with Crippen LogP contribution >= 0.6 is 27.3 Å². The number of rotatable bonds is 5. The summed E-state index contributed by atoms with van der Waals surface area (Å²) in [5.41, 5.74) is 2.41. The molecule has 3 aromatic heterocycles. The lowest BCUT2D eigenvalue weighted by molar-refractivity contribution is 0.103. The summed E-state index contributed by atoms with van der Waals surface area (Å²) in [6.45, 7) is 0.358. The molecule has 1 aromatic carbocycles. The quantitative estimate of drug-likeness (QED) is 0.487. The number of halogens is 1. The fourth-order valence-corrected chi connectivity index (χ4v) is 3.79. The first-order valence-corrected chi connectivity index (χ1v) is 9.50. The number of ether oxygens (including phenoxy) is 1. The van der Waals surface area contributed by atoms with Gasteiger partial charge in [0.2, 0.25) is 0 Å². The summed E-state index contributed by atoms with van der Waals surface area (Å²) < 4.78 is 8.70. The minimum atomic E-state index is -0.141. The largest absolute Gasteiger partial charge is 0.487 e. The van der Waals surface area contributed by atoms with Crippen LogP contribution in [0.25, 0.3) is 5.65 Å². The Bertz CT molecular complexity index is 1040. The van der Waals surface area contributed by atoms with Gasteiger partial charge in [0.25, 0.3) is 5.91 Å². The average molecular weight is 428 g/mol. The molecular formula is C19H14BrN3O2S. The predicted molar refractivity (Wildman–Crippen MR) is 106 cm³/mol. The maximum atomic E-state index is 12.2. The first-order chi connectivity index (χ1) is 12.7. The number of carbonyl (C=O) groups is 1. The van der Waals surface area contributed by atoms with E-state index in [0.29, 0.717) is 22.9 Å². The second kappa shape index (κ2) is 7.31. The smallest absolute Gasteiger partial charge is 0.265 e. The van der Waals surface area contributed by atoms with Gasteiger partial charge in [-0.15, -0.1) is 11.3 Å². The number of aromatic nitrogens is 2. The predicted octanol–water partition coefficient (Wildman–Crippen LogP) is 4.99. The number of benzene rings is 1. The van der Waals surface area contributed by atoms with Gasteiger partial charge in [-0.3, -0.25) is 4.79 Å². The SMILES string of the molecule is O=C(Nc1cccc(OCc2cn3ccccc3n2)c1)c1ccc(Br)s1. The molecule has 0 aliphatic heterocycles. The highest BCUT2D eigenvalue weighted by Gasteiger charge is 2.09. The third kappa shape index (κ3) is 3.79. The van der Waals surface area contributed by atoms with Crippen LogP contribution in [0, 0.1) is 0 Å². The molecular weight excluding hydrogens is 414 g/mol. The molecule has 0 aliphatic rings. The molecule has 130 valence electrons. The van der Waals surface area contributed by atoms with Crippen LogP contribution in [0.1, 0.15) is 15.4 Å². The Hall–Kier alpha value is -2.64. The molecule has 5 nitrogen and oxygen atoms in total. The third-order valence-electron chi connectivity index (χ3n) is 3.69. The van der Waals surface area contributed by atoms with Crippen LogP contribution in [0.3, 0.4) is 0 Å². The van der Waals surface area contributed by atoms with Crippen molar-refractivity contribution in [3.8, 4) is 5.75 Å². The summed E-state index contributed by atoms with van der Waals surface area (Å²) in [4.78, 5) is 17.4. The zero-order chi connectivity index (χ0) is 17.9. The van der Waals surface area contributed by atoms with Crippen LogP contribution in [0.2, 0.25) is 0 Å². The first-order valence-electron chi connectivity index (χ1n) is 7.89. The zero-order valence-electron chi connectivity index (χ0n) is 13.6. The van der Waals surface area contributed by atoms with Gasteiger partial charge in [0.15, 0.2) is 0 Å². The summed E-state index contributed by atoms with van der Waals surface area (Å²) in [6.07, 6.45) is 3.89. The highest BCUT2D eigenvalue weighted by Crippen LogP contribution is 2.24. The Morgan fingerprint density at radius 1 is 1.19 bits per heavy atom. The maximum Gasteiger partial charge on any atom is 0.265 e. The zero-order valence-corrected chi connectivity index (χ0v) is 16.0. The Balaban J connectivity index is 1.43. The second-order valence-electron chi connectivity index (χ2n) is 5.57. The molecule has 0 aliphatic carbocycles. The van der Waals surface area contributed by atoms with Gasteiger partial charge in [-0.2, -0.15) is 0 Å². The van der Waals surface area contributed by atoms with Gasteiger partial charge in [-0.1, -0.05) is 12.1 Å². The molecule has 0 unspecified atom stereocenters. The Morgan fingerprint density at radius 2 is 2.12 bits per heavy atom. The summed E-state index contributed by atoms with van der Waals surface area (Å²) in [5.74, 6) is 0.533. The minimum absolute atomic E-state index is 0.141. The number of carbonyl (C=O) groups excluding carboxylic acids is 1. The summed E-state index contributed by atoms with van der Waals surface area (Å²) >= 11 is 4.76. The molecule has 0 spiro atoms. The number of nitrogens with zero attached hydrogens (tertiary/aromatic N) is 2. The topological polar surface area (TPSA) is 55.6 Å². The molecule has 0 bridgehead atoms. The summed E-state index contributed by atoms with van der Waals surface area (Å²) in [7, 11) is 0. The number of hydrogen-bond donors (Lipinski definition) is 1. The number of imidazole rings is 1. The van der Waals surface area contributed by atoms with E-state index >= 15 is 0 Å². The third-order valence-corrected chi connectivity index (χ3v) is 5.31. The van der Waals surface area contributed by atoms with Crippen LogP contribution in [-0.4, -0.2) is 15.3 Å². The molecule has 0 radical (unpaired) electrons. The standard InChI is InChI=1S/C19H14BrN3O2S/c20-17-8-7-16(26-17)19(24)22-13-4-3-5-15(10-13)25-12-14-11-23-9-2-1-6-18(23)21-14/h1-11H,12H2,(H,22,24). The van der Waals surface area contributed by atoms with Gasteiger partial charge in [0.1, 0.15) is 18.0 Å². The van der Waals surface area contributed by atoms with Gasteiger partial charge in [0, 0.05) is 24.1 Å². The molecule has 0 saturated heterocycles. The van der Waals surface area contributed by atoms with Gasteiger partial charge < -0.3 is 14.5 Å². The number of fused-ring (bicyclic) bond motifs is 1. The van der Waals surface area contributed by atoms with E-state index in [1.807, 2.05) is 59.3 Å². The first kappa shape index (κ1) is 16.8. The van der Waals surface area contributed by atoms with Crippen molar-refractivity contribution < 1.29 is 9.53 Å². The van der Waals surface area contributed by atoms with E-state index in [2.05, 4.69) is 26.2 Å². The van der Waals surface area contributed by atoms with E-state index in [1.165, 1.54) is 11.3 Å². The van der Waals surface area contributed by atoms with Crippen molar-refractivity contribution in [3.05, 3.63) is 81.3 Å². The lowest BCUT2D eigenvalue weighted by atomic mass is 10.3. The van der Waals surface area contributed by atoms with Gasteiger partial charge >= 0.3 is 0 Å². The van der Waals surface area contributed by atoms with Gasteiger partial charge in [-0.05, 0) is 52.3 Å². The fourth-order valence-electron chi connectivity index (χ4n) is 2.51. The van der Waals surface area contributed by atoms with Crippen molar-refractivity contribution in [3.63, 3.8) is 0 Å². The number of nitrogens with one attached hydrogen (secondary N) is 1. The monoisotopic (exact) mass is 427 g/mol. The van der Waals surface area contributed by atoms with E-state index in [1.54, 1.807) is 12.1 Å². The lowest BCUT2D eigenvalue weighted by Gasteiger charge is -2.08. The van der Waals surface area contributed by atoms with Crippen LogP contribution in [0.5, 0.6) is 5.75 Å². The average Bonchev–Trinajstić information content (AvgIpc) is 3.26. The highest BCUT2D eigenvalue weighted by atomic mass is 79.9. The normalized spacial score (nSPS) is 10.8. The van der Waals surface area contributed by atoms with Crippen molar-refractivity contribution in [1.82, 2.24) is 9.38 Å². The molecule has 0 saturated carbocycles. The molecule has 4 rings (SSSR count). The van der Waals surface area contributed by atoms with E-state index in [9.17, 15) is 4.79 Å². The van der Waals surface area contributed by atoms with Crippen LogP contribution in [0.4, 0.5) is 5.69 Å². The summed E-state index contributed by atoms with van der Waals surface area (Å²) in [5, 5.41) is 2.88.